The van der Waals surface area contributed by atoms with Crippen LogP contribution in [0.1, 0.15) is 17.5 Å². The van der Waals surface area contributed by atoms with Gasteiger partial charge in [-0.2, -0.15) is 0 Å². The SMILES string of the molecule is C=C/C=C\C(=C)C(c1ccccc1)(c1ccc(I)cc1)C1C=CC=CC1. The average molecular weight is 450 g/mol. The molecule has 1 heteroatoms. The number of halogens is 1. The van der Waals surface area contributed by atoms with Gasteiger partial charge in [-0.3, -0.25) is 0 Å². The van der Waals surface area contributed by atoms with Crippen LogP contribution in [0.4, 0.5) is 0 Å². The molecule has 0 bridgehead atoms. The second kappa shape index (κ2) is 8.50. The first kappa shape index (κ1) is 18.7. The molecule has 2 atom stereocenters. The van der Waals surface area contributed by atoms with E-state index < -0.39 is 0 Å². The second-order valence-electron chi connectivity index (χ2n) is 6.46. The maximum absolute atomic E-state index is 4.52. The summed E-state index contributed by atoms with van der Waals surface area (Å²) in [6.07, 6.45) is 15.7. The quantitative estimate of drug-likeness (QED) is 0.328. The Hall–Kier alpha value is -2.13. The number of hydrogen-bond donors (Lipinski definition) is 0. The summed E-state index contributed by atoms with van der Waals surface area (Å²) < 4.78 is 1.24. The summed E-state index contributed by atoms with van der Waals surface area (Å²) in [5.41, 5.74) is 3.30. The van der Waals surface area contributed by atoms with Crippen LogP contribution in [0, 0.1) is 9.49 Å². The van der Waals surface area contributed by atoms with E-state index in [0.29, 0.717) is 5.92 Å². The van der Waals surface area contributed by atoms with Gasteiger partial charge in [-0.15, -0.1) is 0 Å². The van der Waals surface area contributed by atoms with E-state index >= 15 is 0 Å². The van der Waals surface area contributed by atoms with E-state index in [9.17, 15) is 0 Å². The van der Waals surface area contributed by atoms with Crippen LogP contribution in [-0.4, -0.2) is 0 Å². The van der Waals surface area contributed by atoms with Crippen molar-refractivity contribution in [2.24, 2.45) is 5.92 Å². The molecule has 2 unspecified atom stereocenters. The molecule has 0 heterocycles. The van der Waals surface area contributed by atoms with E-state index in [1.54, 1.807) is 0 Å². The number of benzene rings is 2. The van der Waals surface area contributed by atoms with E-state index in [1.165, 1.54) is 14.7 Å². The van der Waals surface area contributed by atoms with Crippen molar-refractivity contribution in [3.05, 3.63) is 131 Å². The van der Waals surface area contributed by atoms with Gasteiger partial charge in [-0.25, -0.2) is 0 Å². The van der Waals surface area contributed by atoms with Crippen LogP contribution in [0.15, 0.2) is 116 Å². The van der Waals surface area contributed by atoms with Gasteiger partial charge in [0, 0.05) is 3.57 Å². The molecule has 1 aliphatic carbocycles. The van der Waals surface area contributed by atoms with E-state index in [-0.39, 0.29) is 5.41 Å². The Morgan fingerprint density at radius 3 is 2.31 bits per heavy atom. The molecular formula is C25H23I. The van der Waals surface area contributed by atoms with Crippen LogP contribution in [0.3, 0.4) is 0 Å². The lowest BCUT2D eigenvalue weighted by Crippen LogP contribution is -2.37. The zero-order chi connectivity index (χ0) is 18.4. The van der Waals surface area contributed by atoms with Crippen LogP contribution < -0.4 is 0 Å². The summed E-state index contributed by atoms with van der Waals surface area (Å²) in [4.78, 5) is 0. The molecule has 0 nitrogen and oxygen atoms in total. The Kier molecular flexibility index (Phi) is 6.10. The number of hydrogen-bond acceptors (Lipinski definition) is 0. The summed E-state index contributed by atoms with van der Waals surface area (Å²) in [7, 11) is 0. The highest BCUT2D eigenvalue weighted by molar-refractivity contribution is 14.1. The van der Waals surface area contributed by atoms with Gasteiger partial charge in [-0.05, 0) is 63.8 Å². The normalized spacial score (nSPS) is 18.6. The lowest BCUT2D eigenvalue weighted by molar-refractivity contribution is 0.448. The molecule has 0 saturated carbocycles. The van der Waals surface area contributed by atoms with Crippen molar-refractivity contribution in [2.45, 2.75) is 11.8 Å². The third kappa shape index (κ3) is 3.54. The molecule has 2 aromatic rings. The smallest absolute Gasteiger partial charge is 0.0510 e. The molecule has 0 fully saturated rings. The molecule has 0 spiro atoms. The summed E-state index contributed by atoms with van der Waals surface area (Å²) >= 11 is 2.36. The Morgan fingerprint density at radius 1 is 1.00 bits per heavy atom. The van der Waals surface area contributed by atoms with Crippen molar-refractivity contribution in [1.82, 2.24) is 0 Å². The number of rotatable bonds is 6. The molecule has 0 amide bonds. The molecule has 3 rings (SSSR count). The topological polar surface area (TPSA) is 0 Å². The maximum Gasteiger partial charge on any atom is 0.0510 e. The van der Waals surface area contributed by atoms with Crippen LogP contribution in [0.2, 0.25) is 0 Å². The van der Waals surface area contributed by atoms with Crippen molar-refractivity contribution < 1.29 is 0 Å². The minimum absolute atomic E-state index is 0.303. The Bertz CT molecular complexity index is 853. The Labute approximate surface area is 170 Å². The highest BCUT2D eigenvalue weighted by Crippen LogP contribution is 2.48. The molecule has 0 radical (unpaired) electrons. The van der Waals surface area contributed by atoms with Crippen molar-refractivity contribution in [3.8, 4) is 0 Å². The van der Waals surface area contributed by atoms with Gasteiger partial charge in [-0.1, -0.05) is 98.2 Å². The van der Waals surface area contributed by atoms with E-state index in [1.807, 2.05) is 12.2 Å². The van der Waals surface area contributed by atoms with Crippen LogP contribution in [0.5, 0.6) is 0 Å². The van der Waals surface area contributed by atoms with Gasteiger partial charge in [0.05, 0.1) is 5.41 Å². The first-order valence-electron chi connectivity index (χ1n) is 8.83. The Morgan fingerprint density at radius 2 is 1.69 bits per heavy atom. The summed E-state index contributed by atoms with van der Waals surface area (Å²) in [6, 6.07) is 19.6. The third-order valence-electron chi connectivity index (χ3n) is 5.01. The molecule has 2 aromatic carbocycles. The van der Waals surface area contributed by atoms with Gasteiger partial charge in [0.25, 0.3) is 0 Å². The van der Waals surface area contributed by atoms with E-state index in [0.717, 1.165) is 12.0 Å². The van der Waals surface area contributed by atoms with Gasteiger partial charge >= 0.3 is 0 Å². The van der Waals surface area contributed by atoms with Gasteiger partial charge in [0.2, 0.25) is 0 Å². The molecule has 26 heavy (non-hydrogen) atoms. The fraction of sp³-hybridized carbons (Fsp3) is 0.120. The van der Waals surface area contributed by atoms with Crippen LogP contribution >= 0.6 is 22.6 Å². The molecular weight excluding hydrogens is 427 g/mol. The van der Waals surface area contributed by atoms with Gasteiger partial charge in [0.1, 0.15) is 0 Å². The molecule has 130 valence electrons. The highest BCUT2D eigenvalue weighted by Gasteiger charge is 2.42. The standard InChI is InChI=1S/C25H23I/c1-3-4-11-20(2)25(21-12-7-5-8-13-21,22-14-9-6-10-15-22)23-16-18-24(26)19-17-23/h3-14,16-19,22H,1-2,15H2/b11-4-. The van der Waals surface area contributed by atoms with Crippen LogP contribution in [-0.2, 0) is 5.41 Å². The summed E-state index contributed by atoms with van der Waals surface area (Å²) in [5, 5.41) is 0. The molecule has 0 saturated heterocycles. The van der Waals surface area contributed by atoms with Crippen molar-refractivity contribution in [2.75, 3.05) is 0 Å². The Balaban J connectivity index is 2.29. The van der Waals surface area contributed by atoms with E-state index in [2.05, 4.69) is 121 Å². The second-order valence-corrected chi connectivity index (χ2v) is 7.70. The fourth-order valence-electron chi connectivity index (χ4n) is 3.83. The monoisotopic (exact) mass is 450 g/mol. The average Bonchev–Trinajstić information content (AvgIpc) is 2.70. The predicted molar refractivity (Wildman–Crippen MR) is 121 cm³/mol. The maximum atomic E-state index is 4.52. The van der Waals surface area contributed by atoms with Crippen molar-refractivity contribution in [3.63, 3.8) is 0 Å². The minimum Gasteiger partial charge on any atom is -0.0991 e. The first-order valence-corrected chi connectivity index (χ1v) is 9.91. The summed E-state index contributed by atoms with van der Waals surface area (Å²) in [6.45, 7) is 8.35. The molecule has 0 aliphatic heterocycles. The first-order chi connectivity index (χ1) is 12.7. The lowest BCUT2D eigenvalue weighted by atomic mass is 9.60. The largest absolute Gasteiger partial charge is 0.0991 e. The highest BCUT2D eigenvalue weighted by atomic mass is 127. The molecule has 0 N–H and O–H groups in total. The predicted octanol–water partition coefficient (Wildman–Crippen LogP) is 7.01. The van der Waals surface area contributed by atoms with E-state index in [4.69, 9.17) is 0 Å². The summed E-state index contributed by atoms with van der Waals surface area (Å²) in [5.74, 6) is 0.303. The molecule has 1 aliphatic rings. The lowest BCUT2D eigenvalue weighted by Gasteiger charge is -2.42. The minimum atomic E-state index is -0.313. The third-order valence-corrected chi connectivity index (χ3v) is 5.72. The number of allylic oxidation sites excluding steroid dienone is 8. The zero-order valence-corrected chi connectivity index (χ0v) is 17.0. The van der Waals surface area contributed by atoms with Crippen molar-refractivity contribution in [1.29, 1.82) is 0 Å². The molecule has 0 aromatic heterocycles. The van der Waals surface area contributed by atoms with Crippen molar-refractivity contribution >= 4 is 22.6 Å². The van der Waals surface area contributed by atoms with Gasteiger partial charge in [0.15, 0.2) is 0 Å². The zero-order valence-electron chi connectivity index (χ0n) is 14.8. The van der Waals surface area contributed by atoms with Crippen LogP contribution in [0.25, 0.3) is 0 Å². The fourth-order valence-corrected chi connectivity index (χ4v) is 4.19. The van der Waals surface area contributed by atoms with Gasteiger partial charge < -0.3 is 0 Å².